The maximum atomic E-state index is 12.3. The molecule has 2 heterocycles. The maximum Gasteiger partial charge on any atom is 0.280 e. The average molecular weight is 469 g/mol. The molecule has 1 atom stereocenters. The number of nitrogen functional groups attached to an aromatic ring is 1. The Balaban J connectivity index is 1.70. The van der Waals surface area contributed by atoms with Crippen LogP contribution in [-0.4, -0.2) is 59.1 Å². The van der Waals surface area contributed by atoms with Crippen molar-refractivity contribution in [3.8, 4) is 0 Å². The fourth-order valence-corrected chi connectivity index (χ4v) is 3.13. The topological polar surface area (TPSA) is 226 Å². The fourth-order valence-electron chi connectivity index (χ4n) is 3.13. The van der Waals surface area contributed by atoms with Crippen LogP contribution in [0.5, 0.6) is 0 Å². The first-order valence-corrected chi connectivity index (χ1v) is 9.91. The van der Waals surface area contributed by atoms with E-state index in [-0.39, 0.29) is 36.1 Å². The van der Waals surface area contributed by atoms with E-state index in [1.54, 1.807) is 0 Å². The molecular formula is C20H19N7O7-2. The summed E-state index contributed by atoms with van der Waals surface area (Å²) in [6.07, 6.45) is -0.410. The summed E-state index contributed by atoms with van der Waals surface area (Å²) < 4.78 is 0. The highest BCUT2D eigenvalue weighted by molar-refractivity contribution is 6.01. The molecule has 0 unspecified atom stereocenters. The molecule has 14 heteroatoms. The number of nitrogens with two attached hydrogens (primary N) is 1. The summed E-state index contributed by atoms with van der Waals surface area (Å²) in [5.74, 6) is -3.67. The third-order valence-electron chi connectivity index (χ3n) is 4.81. The van der Waals surface area contributed by atoms with Crippen LogP contribution in [0.4, 0.5) is 23.1 Å². The third kappa shape index (κ3) is 5.73. The zero-order valence-electron chi connectivity index (χ0n) is 17.6. The second kappa shape index (κ2) is 10.2. The van der Waals surface area contributed by atoms with Gasteiger partial charge in [0, 0.05) is 17.2 Å². The molecule has 0 fully saturated rings. The van der Waals surface area contributed by atoms with Gasteiger partial charge in [-0.2, -0.15) is 4.98 Å². The van der Waals surface area contributed by atoms with Crippen LogP contribution in [0.1, 0.15) is 23.2 Å². The van der Waals surface area contributed by atoms with Gasteiger partial charge in [0.2, 0.25) is 12.4 Å². The molecule has 3 rings (SSSR count). The molecule has 1 aliphatic heterocycles. The number of carbonyl (C=O) groups excluding carboxylic acids is 4. The highest BCUT2D eigenvalue weighted by atomic mass is 16.4. The molecule has 2 aromatic rings. The molecule has 0 saturated carbocycles. The van der Waals surface area contributed by atoms with Crippen LogP contribution in [0.3, 0.4) is 0 Å². The highest BCUT2D eigenvalue weighted by Gasteiger charge is 2.20. The standard InChI is InChI=1S/C20H21N7O7/c21-20-25-16-15(18(32)26-20)23-11(7-22-16)8-27(9-28)12-3-1-10(2-4-12)17(31)24-13(19(33)34)5-6-14(29)30/h1-4,9,13H,5-8H2,(H,24,31)(H,29,30)(H,33,34)(H4,21,22,25,26,32)/p-2/t13-/m0/s1. The normalized spacial score (nSPS) is 13.0. The second-order valence-corrected chi connectivity index (χ2v) is 7.22. The number of hydrogen-bond acceptors (Lipinski definition) is 11. The molecule has 1 aliphatic rings. The summed E-state index contributed by atoms with van der Waals surface area (Å²) in [6.45, 7) is 0.242. The van der Waals surface area contributed by atoms with Gasteiger partial charge in [-0.15, -0.1) is 0 Å². The van der Waals surface area contributed by atoms with Gasteiger partial charge < -0.3 is 41.1 Å². The maximum absolute atomic E-state index is 12.3. The van der Waals surface area contributed by atoms with Crippen LogP contribution in [-0.2, 0) is 14.4 Å². The number of aliphatic imine (C=N–C) groups is 1. The van der Waals surface area contributed by atoms with Gasteiger partial charge in [0.25, 0.3) is 11.5 Å². The number of nitrogens with one attached hydrogen (secondary N) is 3. The number of anilines is 3. The van der Waals surface area contributed by atoms with Crippen molar-refractivity contribution < 1.29 is 29.4 Å². The van der Waals surface area contributed by atoms with E-state index in [1.807, 2.05) is 0 Å². The van der Waals surface area contributed by atoms with Crippen molar-refractivity contribution in [1.82, 2.24) is 15.3 Å². The number of carboxylic acids is 2. The number of aliphatic carboxylic acids is 2. The van der Waals surface area contributed by atoms with Crippen molar-refractivity contribution in [2.45, 2.75) is 18.9 Å². The van der Waals surface area contributed by atoms with E-state index >= 15 is 0 Å². The van der Waals surface area contributed by atoms with Crippen LogP contribution in [0, 0.1) is 0 Å². The van der Waals surface area contributed by atoms with Crippen LogP contribution < -0.4 is 37.0 Å². The van der Waals surface area contributed by atoms with Crippen LogP contribution in [0.2, 0.25) is 0 Å². The van der Waals surface area contributed by atoms with Crippen LogP contribution in [0.15, 0.2) is 34.1 Å². The first kappa shape index (κ1) is 23.9. The van der Waals surface area contributed by atoms with Crippen molar-refractivity contribution in [2.75, 3.05) is 29.0 Å². The first-order chi connectivity index (χ1) is 16.2. The number of aromatic nitrogens is 2. The Kier molecular flexibility index (Phi) is 7.20. The van der Waals surface area contributed by atoms with E-state index in [4.69, 9.17) is 5.73 Å². The predicted octanol–water partition coefficient (Wildman–Crippen LogP) is -3.11. The van der Waals surface area contributed by atoms with Crippen LogP contribution in [0.25, 0.3) is 0 Å². The monoisotopic (exact) mass is 469 g/mol. The van der Waals surface area contributed by atoms with E-state index in [9.17, 15) is 34.2 Å². The minimum Gasteiger partial charge on any atom is -0.550 e. The minimum atomic E-state index is -1.63. The highest BCUT2D eigenvalue weighted by Crippen LogP contribution is 2.22. The number of amides is 2. The number of carboxylic acid groups (broad SMARTS) is 2. The SMILES string of the molecule is Nc1nc2c(c(=O)[nH]1)N=C(CN(C=O)c1ccc(C(=O)N[C@@H](CCC(=O)[O-])C(=O)[O-])cc1)CN2. The molecule has 1 aromatic carbocycles. The lowest BCUT2D eigenvalue weighted by Crippen LogP contribution is -2.48. The lowest BCUT2D eigenvalue weighted by atomic mass is 10.1. The van der Waals surface area contributed by atoms with Crippen molar-refractivity contribution in [3.05, 3.63) is 40.2 Å². The van der Waals surface area contributed by atoms with Crippen molar-refractivity contribution >= 4 is 53.1 Å². The molecule has 0 radical (unpaired) electrons. The number of nitrogens with zero attached hydrogens (tertiary/aromatic N) is 3. The summed E-state index contributed by atoms with van der Waals surface area (Å²) in [6, 6.07) is 4.13. The molecular weight excluding hydrogens is 450 g/mol. The molecule has 2 amide bonds. The first-order valence-electron chi connectivity index (χ1n) is 9.91. The Morgan fingerprint density at radius 3 is 2.56 bits per heavy atom. The van der Waals surface area contributed by atoms with Gasteiger partial charge in [-0.3, -0.25) is 19.4 Å². The number of fused-ring (bicyclic) bond motifs is 1. The quantitative estimate of drug-likeness (QED) is 0.256. The van der Waals surface area contributed by atoms with Gasteiger partial charge >= 0.3 is 0 Å². The van der Waals surface area contributed by atoms with Crippen molar-refractivity contribution in [2.24, 2.45) is 4.99 Å². The molecule has 0 spiro atoms. The number of carbonyl (C=O) groups is 4. The van der Waals surface area contributed by atoms with E-state index in [0.717, 1.165) is 0 Å². The van der Waals surface area contributed by atoms with Crippen LogP contribution >= 0.6 is 0 Å². The van der Waals surface area contributed by atoms with Gasteiger partial charge in [0.15, 0.2) is 11.5 Å². The minimum absolute atomic E-state index is 0.0290. The smallest absolute Gasteiger partial charge is 0.280 e. The van der Waals surface area contributed by atoms with Crippen molar-refractivity contribution in [1.29, 1.82) is 0 Å². The van der Waals surface area contributed by atoms with E-state index in [2.05, 4.69) is 25.6 Å². The van der Waals surface area contributed by atoms with Gasteiger partial charge in [0.05, 0.1) is 30.8 Å². The largest absolute Gasteiger partial charge is 0.550 e. The second-order valence-electron chi connectivity index (χ2n) is 7.22. The molecule has 0 saturated heterocycles. The fraction of sp³-hybridized carbons (Fsp3) is 0.250. The molecule has 1 aromatic heterocycles. The Hall–Kier alpha value is -4.75. The third-order valence-corrected chi connectivity index (χ3v) is 4.81. The molecule has 14 nitrogen and oxygen atoms in total. The average Bonchev–Trinajstić information content (AvgIpc) is 2.80. The number of aromatic amines is 1. The number of benzene rings is 1. The van der Waals surface area contributed by atoms with Crippen molar-refractivity contribution in [3.63, 3.8) is 0 Å². The van der Waals surface area contributed by atoms with Gasteiger partial charge in [-0.05, 0) is 37.1 Å². The summed E-state index contributed by atoms with van der Waals surface area (Å²) in [5.41, 5.74) is 5.95. The Morgan fingerprint density at radius 1 is 1.24 bits per heavy atom. The number of rotatable bonds is 10. The van der Waals surface area contributed by atoms with Gasteiger partial charge in [-0.1, -0.05) is 0 Å². The van der Waals surface area contributed by atoms with Gasteiger partial charge in [-0.25, -0.2) is 4.99 Å². The lowest BCUT2D eigenvalue weighted by molar-refractivity contribution is -0.309. The molecule has 178 valence electrons. The Labute approximate surface area is 191 Å². The van der Waals surface area contributed by atoms with E-state index in [0.29, 0.717) is 17.8 Å². The van der Waals surface area contributed by atoms with Gasteiger partial charge in [0.1, 0.15) is 0 Å². The number of H-pyrrole nitrogens is 1. The zero-order chi connectivity index (χ0) is 24.8. The summed E-state index contributed by atoms with van der Waals surface area (Å²) in [7, 11) is 0. The summed E-state index contributed by atoms with van der Waals surface area (Å²) in [4.78, 5) is 69.5. The van der Waals surface area contributed by atoms with E-state index < -0.39 is 42.3 Å². The number of hydrogen-bond donors (Lipinski definition) is 4. The summed E-state index contributed by atoms with van der Waals surface area (Å²) >= 11 is 0. The lowest BCUT2D eigenvalue weighted by Gasteiger charge is -2.22. The Morgan fingerprint density at radius 2 is 1.94 bits per heavy atom. The molecule has 5 N–H and O–H groups in total. The molecule has 34 heavy (non-hydrogen) atoms. The Bertz CT molecular complexity index is 1210. The zero-order valence-corrected chi connectivity index (χ0v) is 17.6. The summed E-state index contributed by atoms with van der Waals surface area (Å²) in [5, 5.41) is 26.8. The molecule has 0 bridgehead atoms. The predicted molar refractivity (Wildman–Crippen MR) is 115 cm³/mol. The molecule has 0 aliphatic carbocycles. The van der Waals surface area contributed by atoms with E-state index in [1.165, 1.54) is 29.2 Å².